The molecule has 0 spiro atoms. The number of phenolic OH excluding ortho intramolecular Hbond substituents is 2. The molecule has 6 atom stereocenters. The van der Waals surface area contributed by atoms with Gasteiger partial charge in [-0.25, -0.2) is 4.79 Å². The van der Waals surface area contributed by atoms with Crippen LogP contribution in [0.15, 0.2) is 72.8 Å². The van der Waals surface area contributed by atoms with Crippen LogP contribution in [0, 0.1) is 11.8 Å². The van der Waals surface area contributed by atoms with Gasteiger partial charge in [0.05, 0.1) is 20.3 Å². The third-order valence-electron chi connectivity index (χ3n) is 11.1. The van der Waals surface area contributed by atoms with Crippen LogP contribution in [-0.2, 0) is 52.7 Å². The number of phenols is 2. The van der Waals surface area contributed by atoms with Gasteiger partial charge in [0.2, 0.25) is 5.91 Å². The van der Waals surface area contributed by atoms with Crippen molar-refractivity contribution in [2.24, 2.45) is 11.8 Å². The molecule has 2 amide bonds. The van der Waals surface area contributed by atoms with Gasteiger partial charge < -0.3 is 39.4 Å². The molecule has 14 nitrogen and oxygen atoms in total. The topological polar surface area (TPSA) is 175 Å². The molecule has 0 saturated carbocycles. The molecule has 0 heterocycles. The summed E-state index contributed by atoms with van der Waals surface area (Å²) in [7, 11) is 9.48. The monoisotopic (exact) mass is 818 g/mol. The highest BCUT2D eigenvalue weighted by Gasteiger charge is 2.43. The second kappa shape index (κ2) is 22.1. The summed E-state index contributed by atoms with van der Waals surface area (Å²) in [6, 6.07) is 17.2. The Morgan fingerprint density at radius 1 is 0.729 bits per heavy atom. The van der Waals surface area contributed by atoms with Gasteiger partial charge in [0.25, 0.3) is 5.91 Å². The Morgan fingerprint density at radius 3 is 1.63 bits per heavy atom. The molecule has 0 fully saturated rings. The summed E-state index contributed by atoms with van der Waals surface area (Å²) in [5, 5.41) is 22.7. The number of likely N-dealkylation sites (N-methyl/N-ethyl adjacent to an activating group) is 3. The van der Waals surface area contributed by atoms with E-state index in [0.29, 0.717) is 36.0 Å². The van der Waals surface area contributed by atoms with Gasteiger partial charge in [0.1, 0.15) is 41.2 Å². The Morgan fingerprint density at radius 2 is 1.20 bits per heavy atom. The van der Waals surface area contributed by atoms with E-state index in [1.165, 1.54) is 43.3 Å². The lowest BCUT2D eigenvalue weighted by atomic mass is 9.85. The van der Waals surface area contributed by atoms with E-state index in [1.807, 2.05) is 19.1 Å². The van der Waals surface area contributed by atoms with Crippen LogP contribution in [0.4, 0.5) is 0 Å². The molecule has 3 N–H and O–H groups in total. The van der Waals surface area contributed by atoms with E-state index in [0.717, 1.165) is 5.56 Å². The average molecular weight is 819 g/mol. The Bertz CT molecular complexity index is 1830. The van der Waals surface area contributed by atoms with Crippen LogP contribution in [0.25, 0.3) is 0 Å². The first-order valence-corrected chi connectivity index (χ1v) is 19.8. The fourth-order valence-electron chi connectivity index (χ4n) is 6.75. The van der Waals surface area contributed by atoms with Crippen LogP contribution in [0.1, 0.15) is 50.8 Å². The summed E-state index contributed by atoms with van der Waals surface area (Å²) < 4.78 is 16.4. The van der Waals surface area contributed by atoms with E-state index >= 15 is 0 Å². The number of hydrogen-bond donors (Lipinski definition) is 3. The van der Waals surface area contributed by atoms with Crippen molar-refractivity contribution < 1.29 is 48.4 Å². The minimum Gasteiger partial charge on any atom is -0.508 e. The van der Waals surface area contributed by atoms with Crippen molar-refractivity contribution in [1.29, 1.82) is 0 Å². The maximum atomic E-state index is 14.6. The Balaban J connectivity index is 1.96. The standard InChI is InChI=1S/C45H62N4O10/c1-11-30(4)40(59-44(56)38(47(5)6)25-33-16-22-36(57-9)23-17-33)41(53)46-45(28-50,29(2)3)27-48(7)37(24-31-12-18-34(51)19-13-31)42(54)49(8)39(43(55)58-10)26-32-14-20-35(52)21-15-32/h12-23,28-30,37-40,51-52H,11,24-27H2,1-10H3,(H,46,53)/t30-,37+,38+,39-,40-,45-/m0/s1. The molecule has 3 rings (SSSR count). The molecule has 0 bridgehead atoms. The molecule has 59 heavy (non-hydrogen) atoms. The molecule has 0 aromatic heterocycles. The van der Waals surface area contributed by atoms with Crippen molar-refractivity contribution in [2.45, 2.75) is 83.1 Å². The van der Waals surface area contributed by atoms with E-state index in [-0.39, 0.29) is 30.9 Å². The first-order chi connectivity index (χ1) is 27.9. The number of rotatable bonds is 22. The van der Waals surface area contributed by atoms with E-state index in [4.69, 9.17) is 14.2 Å². The largest absolute Gasteiger partial charge is 0.508 e. The maximum absolute atomic E-state index is 14.6. The zero-order valence-electron chi connectivity index (χ0n) is 36.0. The highest BCUT2D eigenvalue weighted by molar-refractivity contribution is 5.89. The Labute approximate surface area is 348 Å². The highest BCUT2D eigenvalue weighted by Crippen LogP contribution is 2.25. The lowest BCUT2D eigenvalue weighted by Gasteiger charge is -2.41. The van der Waals surface area contributed by atoms with Crippen molar-refractivity contribution >= 4 is 30.0 Å². The lowest BCUT2D eigenvalue weighted by molar-refractivity contribution is -0.164. The maximum Gasteiger partial charge on any atom is 0.328 e. The molecule has 0 saturated heterocycles. The van der Waals surface area contributed by atoms with Gasteiger partial charge in [-0.05, 0) is 99.4 Å². The first-order valence-electron chi connectivity index (χ1n) is 19.8. The minimum atomic E-state index is -1.56. The van der Waals surface area contributed by atoms with Gasteiger partial charge in [-0.1, -0.05) is 64.1 Å². The zero-order valence-corrected chi connectivity index (χ0v) is 36.0. The average Bonchev–Trinajstić information content (AvgIpc) is 3.22. The molecule has 0 aliphatic carbocycles. The second-order valence-corrected chi connectivity index (χ2v) is 15.7. The summed E-state index contributed by atoms with van der Waals surface area (Å²) in [4.78, 5) is 73.9. The number of methoxy groups -OCH3 is 2. The number of aldehydes is 1. The predicted molar refractivity (Wildman–Crippen MR) is 224 cm³/mol. The van der Waals surface area contributed by atoms with Crippen molar-refractivity contribution in [2.75, 3.05) is 49.0 Å². The minimum absolute atomic E-state index is 0.0402. The Kier molecular flexibility index (Phi) is 17.9. The predicted octanol–water partition coefficient (Wildman–Crippen LogP) is 4.03. The number of carbonyl (C=O) groups is 5. The molecule has 322 valence electrons. The van der Waals surface area contributed by atoms with Crippen LogP contribution in [-0.4, -0.2) is 134 Å². The van der Waals surface area contributed by atoms with Crippen LogP contribution < -0.4 is 10.1 Å². The summed E-state index contributed by atoms with van der Waals surface area (Å²) >= 11 is 0. The fraction of sp³-hybridized carbons (Fsp3) is 0.489. The number of hydrogen-bond acceptors (Lipinski definition) is 12. The van der Waals surface area contributed by atoms with Crippen molar-refractivity contribution in [3.63, 3.8) is 0 Å². The van der Waals surface area contributed by atoms with Crippen LogP contribution in [0.2, 0.25) is 0 Å². The normalized spacial score (nSPS) is 15.0. The van der Waals surface area contributed by atoms with Gasteiger partial charge in [0.15, 0.2) is 6.10 Å². The fourth-order valence-corrected chi connectivity index (χ4v) is 6.75. The third kappa shape index (κ3) is 13.0. The molecule has 14 heteroatoms. The molecule has 0 aliphatic rings. The molecular formula is C45H62N4O10. The van der Waals surface area contributed by atoms with E-state index < -0.39 is 65.4 Å². The number of nitrogens with one attached hydrogen (secondary N) is 1. The smallest absolute Gasteiger partial charge is 0.328 e. The number of benzene rings is 3. The van der Waals surface area contributed by atoms with Crippen molar-refractivity contribution in [3.8, 4) is 17.2 Å². The van der Waals surface area contributed by atoms with Gasteiger partial charge >= 0.3 is 11.9 Å². The second-order valence-electron chi connectivity index (χ2n) is 15.7. The number of amides is 2. The third-order valence-corrected chi connectivity index (χ3v) is 11.1. The van der Waals surface area contributed by atoms with E-state index in [2.05, 4.69) is 5.32 Å². The van der Waals surface area contributed by atoms with Gasteiger partial charge in [-0.2, -0.15) is 0 Å². The molecule has 0 unspecified atom stereocenters. The summed E-state index contributed by atoms with van der Waals surface area (Å²) in [5.74, 6) is -2.51. The zero-order chi connectivity index (χ0) is 44.0. The summed E-state index contributed by atoms with van der Waals surface area (Å²) in [6.45, 7) is 7.09. The quantitative estimate of drug-likeness (QED) is 0.0983. The number of aromatic hydroxyl groups is 2. The van der Waals surface area contributed by atoms with Crippen LogP contribution >= 0.6 is 0 Å². The number of ether oxygens (including phenoxy) is 3. The first kappa shape index (κ1) is 47.9. The molecule has 0 radical (unpaired) electrons. The molecule has 3 aromatic carbocycles. The van der Waals surface area contributed by atoms with Gasteiger partial charge in [-0.15, -0.1) is 0 Å². The summed E-state index contributed by atoms with van der Waals surface area (Å²) in [5.41, 5.74) is 0.675. The van der Waals surface area contributed by atoms with Crippen molar-refractivity contribution in [1.82, 2.24) is 20.0 Å². The van der Waals surface area contributed by atoms with Crippen LogP contribution in [0.5, 0.6) is 17.2 Å². The van der Waals surface area contributed by atoms with E-state index in [9.17, 15) is 34.2 Å². The highest BCUT2D eigenvalue weighted by atomic mass is 16.6. The van der Waals surface area contributed by atoms with Gasteiger partial charge in [-0.3, -0.25) is 24.2 Å². The molecule has 3 aromatic rings. The van der Waals surface area contributed by atoms with Gasteiger partial charge in [0, 0.05) is 25.9 Å². The molecule has 0 aliphatic heterocycles. The van der Waals surface area contributed by atoms with Crippen molar-refractivity contribution in [3.05, 3.63) is 89.5 Å². The number of carbonyl (C=O) groups excluding carboxylic acids is 5. The Hall–Kier alpha value is -5.47. The lowest BCUT2D eigenvalue weighted by Crippen LogP contribution is -2.64. The number of nitrogens with zero attached hydrogens (tertiary/aromatic N) is 3. The number of esters is 2. The summed E-state index contributed by atoms with van der Waals surface area (Å²) in [6.07, 6.45) is 0.429. The van der Waals surface area contributed by atoms with E-state index in [1.54, 1.807) is 95.2 Å². The molecular weight excluding hydrogens is 757 g/mol. The SMILES string of the molecule is CC[C@H](C)[C@H](OC(=O)[C@@H](Cc1ccc(OC)cc1)N(C)C)C(=O)N[C@](C=O)(CN(C)[C@H](Cc1ccc(O)cc1)C(=O)N(C)[C@@H](Cc1ccc(O)cc1)C(=O)OC)C(C)C. The van der Waals surface area contributed by atoms with Crippen LogP contribution in [0.3, 0.4) is 0 Å².